The van der Waals surface area contributed by atoms with Gasteiger partial charge in [-0.3, -0.25) is 0 Å². The summed E-state index contributed by atoms with van der Waals surface area (Å²) >= 11 is 0. The van der Waals surface area contributed by atoms with Crippen LogP contribution in [0.15, 0.2) is 47.1 Å². The van der Waals surface area contributed by atoms with Crippen LogP contribution in [0.2, 0.25) is 0 Å². The number of carbonyl (C=O) groups excluding carboxylic acids is 1. The summed E-state index contributed by atoms with van der Waals surface area (Å²) in [6.07, 6.45) is -3.31. The van der Waals surface area contributed by atoms with Crippen LogP contribution in [0.25, 0.3) is 11.4 Å². The Morgan fingerprint density at radius 1 is 1.15 bits per heavy atom. The highest BCUT2D eigenvalue weighted by Gasteiger charge is 2.38. The number of nitrogens with zero attached hydrogens (tertiary/aromatic N) is 5. The van der Waals surface area contributed by atoms with Crippen molar-refractivity contribution < 1.29 is 27.2 Å². The smallest absolute Gasteiger partial charge is 0.471 e. The molecule has 2 amide bonds. The molecule has 1 aromatic carbocycles. The quantitative estimate of drug-likeness (QED) is 0.614. The summed E-state index contributed by atoms with van der Waals surface area (Å²) < 4.78 is 47.7. The van der Waals surface area contributed by atoms with E-state index in [0.717, 1.165) is 0 Å². The van der Waals surface area contributed by atoms with Gasteiger partial charge in [-0.1, -0.05) is 17.3 Å². The predicted molar refractivity (Wildman–Crippen MR) is 113 cm³/mol. The van der Waals surface area contributed by atoms with Crippen molar-refractivity contribution in [2.24, 2.45) is 0 Å². The molecule has 0 radical (unpaired) electrons. The number of rotatable bonds is 5. The highest BCUT2D eigenvalue weighted by Crippen LogP contribution is 2.29. The van der Waals surface area contributed by atoms with Gasteiger partial charge in [0.1, 0.15) is 11.6 Å². The Morgan fingerprint density at radius 3 is 2.55 bits per heavy atom. The van der Waals surface area contributed by atoms with E-state index in [4.69, 9.17) is 4.74 Å². The zero-order valence-corrected chi connectivity index (χ0v) is 17.7. The predicted octanol–water partition coefficient (Wildman–Crippen LogP) is 3.90. The number of pyridine rings is 1. The van der Waals surface area contributed by atoms with Crippen molar-refractivity contribution in [3.63, 3.8) is 0 Å². The molecule has 1 N–H and O–H groups in total. The van der Waals surface area contributed by atoms with Gasteiger partial charge in [-0.05, 0) is 31.2 Å². The number of piperazine rings is 1. The summed E-state index contributed by atoms with van der Waals surface area (Å²) in [5, 5.41) is 6.24. The van der Waals surface area contributed by atoms with Gasteiger partial charge in [-0.2, -0.15) is 18.2 Å². The number of carbonyl (C=O) groups is 1. The Balaban J connectivity index is 1.34. The largest absolute Gasteiger partial charge is 0.492 e. The highest BCUT2D eigenvalue weighted by atomic mass is 19.4. The molecule has 0 aliphatic carbocycles. The zero-order valence-electron chi connectivity index (χ0n) is 17.7. The van der Waals surface area contributed by atoms with Gasteiger partial charge in [0, 0.05) is 37.9 Å². The molecule has 1 aliphatic heterocycles. The molecule has 0 spiro atoms. The van der Waals surface area contributed by atoms with Crippen molar-refractivity contribution in [1.82, 2.24) is 20.0 Å². The first-order chi connectivity index (χ1) is 15.8. The van der Waals surface area contributed by atoms with E-state index in [2.05, 4.69) is 25.0 Å². The number of ether oxygens (including phenoxy) is 1. The Morgan fingerprint density at radius 2 is 1.91 bits per heavy atom. The summed E-state index contributed by atoms with van der Waals surface area (Å²) in [5.41, 5.74) is 0.920. The second kappa shape index (κ2) is 9.35. The molecular formula is C21H21F3N6O3. The molecule has 4 rings (SSSR count). The molecule has 0 unspecified atom stereocenters. The minimum absolute atomic E-state index is 0.185. The molecule has 1 saturated heterocycles. The first-order valence-corrected chi connectivity index (χ1v) is 10.2. The van der Waals surface area contributed by atoms with Gasteiger partial charge in [-0.15, -0.1) is 0 Å². The molecule has 3 aromatic rings. The third-order valence-corrected chi connectivity index (χ3v) is 4.99. The Hall–Kier alpha value is -3.83. The number of anilines is 2. The third-order valence-electron chi connectivity index (χ3n) is 4.99. The van der Waals surface area contributed by atoms with Crippen LogP contribution in [-0.2, 0) is 6.18 Å². The topological polar surface area (TPSA) is 96.6 Å². The Bertz CT molecular complexity index is 1100. The lowest BCUT2D eigenvalue weighted by Gasteiger charge is -2.35. The van der Waals surface area contributed by atoms with E-state index in [9.17, 15) is 18.0 Å². The van der Waals surface area contributed by atoms with Gasteiger partial charge in [0.15, 0.2) is 0 Å². The second-order valence-corrected chi connectivity index (χ2v) is 7.16. The van der Waals surface area contributed by atoms with E-state index in [-0.39, 0.29) is 11.9 Å². The molecule has 0 atom stereocenters. The number of hydrogen-bond donors (Lipinski definition) is 1. The van der Waals surface area contributed by atoms with Crippen LogP contribution in [0.4, 0.5) is 29.5 Å². The van der Waals surface area contributed by atoms with E-state index in [1.165, 1.54) is 6.20 Å². The average molecular weight is 462 g/mol. The van der Waals surface area contributed by atoms with Crippen LogP contribution in [-0.4, -0.2) is 58.8 Å². The van der Waals surface area contributed by atoms with Gasteiger partial charge in [-0.25, -0.2) is 9.78 Å². The minimum Gasteiger partial charge on any atom is -0.492 e. The number of nitrogens with one attached hydrogen (secondary N) is 1. The number of amides is 2. The SMILES string of the molecule is CCOc1ccccc1NC(=O)N1CCN(c2ccc(-c3noc(C(F)(F)F)n3)cn2)CC1. The lowest BCUT2D eigenvalue weighted by molar-refractivity contribution is -0.159. The summed E-state index contributed by atoms with van der Waals surface area (Å²) in [4.78, 5) is 24.0. The zero-order chi connectivity index (χ0) is 23.4. The number of hydrogen-bond acceptors (Lipinski definition) is 7. The van der Waals surface area contributed by atoms with Gasteiger partial charge >= 0.3 is 18.1 Å². The molecule has 174 valence electrons. The Kier molecular flexibility index (Phi) is 6.33. The van der Waals surface area contributed by atoms with Crippen LogP contribution >= 0.6 is 0 Å². The standard InChI is InChI=1S/C21H21F3N6O3/c1-2-32-16-6-4-3-5-15(16)26-20(31)30-11-9-29(10-12-30)17-8-7-14(13-25-17)18-27-19(33-28-18)21(22,23)24/h3-8,13H,2,9-12H2,1H3,(H,26,31). The third kappa shape index (κ3) is 5.16. The number of benzene rings is 1. The highest BCUT2D eigenvalue weighted by molar-refractivity contribution is 5.91. The van der Waals surface area contributed by atoms with E-state index in [1.54, 1.807) is 29.2 Å². The summed E-state index contributed by atoms with van der Waals surface area (Å²) in [6, 6.07) is 10.3. The second-order valence-electron chi connectivity index (χ2n) is 7.16. The number of aromatic nitrogens is 3. The van der Waals surface area contributed by atoms with Crippen LogP contribution in [0.5, 0.6) is 5.75 Å². The van der Waals surface area contributed by atoms with E-state index in [1.807, 2.05) is 24.0 Å². The van der Waals surface area contributed by atoms with Crippen molar-refractivity contribution >= 4 is 17.5 Å². The van der Waals surface area contributed by atoms with Crippen LogP contribution in [0.3, 0.4) is 0 Å². The fourth-order valence-electron chi connectivity index (χ4n) is 3.35. The maximum atomic E-state index is 12.7. The fourth-order valence-corrected chi connectivity index (χ4v) is 3.35. The van der Waals surface area contributed by atoms with Crippen LogP contribution in [0, 0.1) is 0 Å². The lowest BCUT2D eigenvalue weighted by atomic mass is 10.2. The summed E-state index contributed by atoms with van der Waals surface area (Å²) in [7, 11) is 0. The Labute approximate surface area is 187 Å². The van der Waals surface area contributed by atoms with Gasteiger partial charge < -0.3 is 24.4 Å². The first-order valence-electron chi connectivity index (χ1n) is 10.2. The molecule has 1 aliphatic rings. The van der Waals surface area contributed by atoms with E-state index >= 15 is 0 Å². The maximum Gasteiger partial charge on any atom is 0.471 e. The molecule has 1 fully saturated rings. The molecule has 3 heterocycles. The van der Waals surface area contributed by atoms with E-state index in [0.29, 0.717) is 55.6 Å². The molecule has 33 heavy (non-hydrogen) atoms. The van der Waals surface area contributed by atoms with Crippen molar-refractivity contribution in [2.45, 2.75) is 13.1 Å². The minimum atomic E-state index is -4.70. The number of para-hydroxylation sites is 2. The number of halogens is 3. The van der Waals surface area contributed by atoms with Gasteiger partial charge in [0.2, 0.25) is 5.82 Å². The monoisotopic (exact) mass is 462 g/mol. The van der Waals surface area contributed by atoms with Gasteiger partial charge in [0.25, 0.3) is 0 Å². The molecule has 0 bridgehead atoms. The lowest BCUT2D eigenvalue weighted by Crippen LogP contribution is -2.50. The molecule has 2 aromatic heterocycles. The normalized spacial score (nSPS) is 14.3. The molecule has 0 saturated carbocycles. The van der Waals surface area contributed by atoms with Crippen molar-refractivity contribution in [3.05, 3.63) is 48.5 Å². The van der Waals surface area contributed by atoms with Crippen molar-refractivity contribution in [3.8, 4) is 17.1 Å². The molecular weight excluding hydrogens is 441 g/mol. The molecule has 12 heteroatoms. The number of urea groups is 1. The summed E-state index contributed by atoms with van der Waals surface area (Å²) in [6.45, 7) is 4.42. The van der Waals surface area contributed by atoms with Crippen molar-refractivity contribution in [1.29, 1.82) is 0 Å². The van der Waals surface area contributed by atoms with Crippen molar-refractivity contribution in [2.75, 3.05) is 43.0 Å². The average Bonchev–Trinajstić information content (AvgIpc) is 3.32. The maximum absolute atomic E-state index is 12.7. The van der Waals surface area contributed by atoms with Gasteiger partial charge in [0.05, 0.1) is 12.3 Å². The fraction of sp³-hybridized carbons (Fsp3) is 0.333. The molecule has 9 nitrogen and oxygen atoms in total. The summed E-state index contributed by atoms with van der Waals surface area (Å²) in [5.74, 6) is -0.338. The first kappa shape index (κ1) is 22.4. The number of alkyl halides is 3. The van der Waals surface area contributed by atoms with Crippen LogP contribution < -0.4 is 15.0 Å². The van der Waals surface area contributed by atoms with Crippen LogP contribution in [0.1, 0.15) is 12.8 Å². The van der Waals surface area contributed by atoms with E-state index < -0.39 is 12.1 Å².